The minimum Gasteiger partial charge on any atom is -0.301 e. The van der Waals surface area contributed by atoms with Crippen LogP contribution >= 0.6 is 0 Å². The van der Waals surface area contributed by atoms with E-state index in [1.807, 2.05) is 0 Å². The molecule has 0 spiro atoms. The van der Waals surface area contributed by atoms with Crippen molar-refractivity contribution in [2.75, 3.05) is 39.3 Å². The van der Waals surface area contributed by atoms with Crippen LogP contribution in [-0.2, 0) is 0 Å². The smallest absolute Gasteiger partial charge is 0.0306 e. The third-order valence-corrected chi connectivity index (χ3v) is 2.61. The monoisotopic (exact) mass is 184 g/mol. The summed E-state index contributed by atoms with van der Waals surface area (Å²) >= 11 is 0. The SMILES string of the molecule is CCCC[N]N1CCN(CC)CC1. The summed E-state index contributed by atoms with van der Waals surface area (Å²) in [5.41, 5.74) is 4.55. The van der Waals surface area contributed by atoms with Gasteiger partial charge in [0.25, 0.3) is 0 Å². The summed E-state index contributed by atoms with van der Waals surface area (Å²) in [5, 5.41) is 2.24. The van der Waals surface area contributed by atoms with Crippen molar-refractivity contribution in [3.05, 3.63) is 0 Å². The Morgan fingerprint density at radius 1 is 1.08 bits per heavy atom. The molecular weight excluding hydrogens is 162 g/mol. The van der Waals surface area contributed by atoms with Gasteiger partial charge in [-0.05, 0) is 13.0 Å². The molecule has 1 fully saturated rings. The highest BCUT2D eigenvalue weighted by Gasteiger charge is 2.14. The predicted molar refractivity (Wildman–Crippen MR) is 55.6 cm³/mol. The van der Waals surface area contributed by atoms with E-state index in [0.717, 1.165) is 19.6 Å². The van der Waals surface area contributed by atoms with E-state index in [9.17, 15) is 0 Å². The standard InChI is InChI=1S/C10H22N3/c1-3-5-6-11-13-9-7-12(4-2)8-10-13/h3-10H2,1-2H3. The second kappa shape index (κ2) is 6.35. The zero-order valence-corrected chi connectivity index (χ0v) is 9.00. The van der Waals surface area contributed by atoms with E-state index in [4.69, 9.17) is 0 Å². The van der Waals surface area contributed by atoms with Crippen LogP contribution in [0.1, 0.15) is 26.7 Å². The highest BCUT2D eigenvalue weighted by atomic mass is 15.5. The van der Waals surface area contributed by atoms with Crippen LogP contribution in [0.3, 0.4) is 0 Å². The quantitative estimate of drug-likeness (QED) is 0.593. The van der Waals surface area contributed by atoms with Crippen molar-refractivity contribution in [3.63, 3.8) is 0 Å². The first kappa shape index (κ1) is 11.0. The van der Waals surface area contributed by atoms with E-state index in [0.29, 0.717) is 0 Å². The van der Waals surface area contributed by atoms with Crippen LogP contribution < -0.4 is 5.43 Å². The molecule has 0 aromatic rings. The van der Waals surface area contributed by atoms with E-state index in [1.54, 1.807) is 0 Å². The molecule has 0 amide bonds. The molecule has 3 heteroatoms. The van der Waals surface area contributed by atoms with Crippen molar-refractivity contribution in [1.29, 1.82) is 0 Å². The first-order chi connectivity index (χ1) is 6.36. The molecule has 0 unspecified atom stereocenters. The third-order valence-electron chi connectivity index (χ3n) is 2.61. The predicted octanol–water partition coefficient (Wildman–Crippen LogP) is 0.943. The van der Waals surface area contributed by atoms with Gasteiger partial charge in [0.15, 0.2) is 0 Å². The van der Waals surface area contributed by atoms with Crippen molar-refractivity contribution in [2.24, 2.45) is 0 Å². The maximum absolute atomic E-state index is 4.55. The molecule has 1 saturated heterocycles. The van der Waals surface area contributed by atoms with Gasteiger partial charge in [0.1, 0.15) is 0 Å². The summed E-state index contributed by atoms with van der Waals surface area (Å²) in [6, 6.07) is 0. The van der Waals surface area contributed by atoms with Crippen LogP contribution in [0.5, 0.6) is 0 Å². The van der Waals surface area contributed by atoms with Crippen molar-refractivity contribution in [2.45, 2.75) is 26.7 Å². The van der Waals surface area contributed by atoms with Crippen LogP contribution in [0.15, 0.2) is 0 Å². The topological polar surface area (TPSA) is 20.6 Å². The summed E-state index contributed by atoms with van der Waals surface area (Å²) in [6.07, 6.45) is 2.48. The number of hydrogen-bond acceptors (Lipinski definition) is 2. The Kier molecular flexibility index (Phi) is 5.35. The average Bonchev–Trinajstić information content (AvgIpc) is 2.19. The van der Waals surface area contributed by atoms with Crippen LogP contribution in [-0.4, -0.2) is 49.2 Å². The van der Waals surface area contributed by atoms with Gasteiger partial charge in [0, 0.05) is 32.7 Å². The molecule has 13 heavy (non-hydrogen) atoms. The Balaban J connectivity index is 2.03. The van der Waals surface area contributed by atoms with E-state index in [-0.39, 0.29) is 0 Å². The van der Waals surface area contributed by atoms with E-state index >= 15 is 0 Å². The van der Waals surface area contributed by atoms with Gasteiger partial charge in [-0.25, -0.2) is 5.01 Å². The molecule has 1 aliphatic heterocycles. The summed E-state index contributed by atoms with van der Waals surface area (Å²) in [4.78, 5) is 2.48. The Hall–Kier alpha value is -0.120. The van der Waals surface area contributed by atoms with Gasteiger partial charge in [0.2, 0.25) is 0 Å². The molecule has 77 valence electrons. The second-order valence-electron chi connectivity index (χ2n) is 3.61. The highest BCUT2D eigenvalue weighted by Crippen LogP contribution is 1.99. The maximum Gasteiger partial charge on any atom is 0.0306 e. The van der Waals surface area contributed by atoms with Gasteiger partial charge < -0.3 is 4.90 Å². The number of rotatable bonds is 5. The fraction of sp³-hybridized carbons (Fsp3) is 1.00. The van der Waals surface area contributed by atoms with Crippen LogP contribution in [0, 0.1) is 0 Å². The zero-order chi connectivity index (χ0) is 9.52. The molecule has 0 aromatic carbocycles. The third kappa shape index (κ3) is 4.07. The van der Waals surface area contributed by atoms with Crippen LogP contribution in [0.25, 0.3) is 0 Å². The number of hydrogen-bond donors (Lipinski definition) is 0. The number of nitrogens with zero attached hydrogens (tertiary/aromatic N) is 3. The molecule has 0 N–H and O–H groups in total. The molecule has 3 nitrogen and oxygen atoms in total. The minimum absolute atomic E-state index is 1.02. The van der Waals surface area contributed by atoms with Gasteiger partial charge in [-0.15, -0.1) is 0 Å². The van der Waals surface area contributed by atoms with Crippen molar-refractivity contribution in [1.82, 2.24) is 15.3 Å². The molecule has 1 radical (unpaired) electrons. The van der Waals surface area contributed by atoms with Gasteiger partial charge in [-0.2, -0.15) is 5.43 Å². The number of likely N-dealkylation sites (N-methyl/N-ethyl adjacent to an activating group) is 1. The fourth-order valence-corrected chi connectivity index (χ4v) is 1.57. The number of unbranched alkanes of at least 4 members (excludes halogenated alkanes) is 1. The van der Waals surface area contributed by atoms with Crippen LogP contribution in [0.2, 0.25) is 0 Å². The lowest BCUT2D eigenvalue weighted by Crippen LogP contribution is -2.49. The summed E-state index contributed by atoms with van der Waals surface area (Å²) in [6.45, 7) is 11.3. The molecule has 0 aromatic heterocycles. The Morgan fingerprint density at radius 2 is 1.77 bits per heavy atom. The molecule has 0 atom stereocenters. The molecule has 0 saturated carbocycles. The maximum atomic E-state index is 4.55. The summed E-state index contributed by atoms with van der Waals surface area (Å²) < 4.78 is 0. The van der Waals surface area contributed by atoms with Gasteiger partial charge >= 0.3 is 0 Å². The van der Waals surface area contributed by atoms with Crippen molar-refractivity contribution >= 4 is 0 Å². The lowest BCUT2D eigenvalue weighted by Gasteiger charge is -2.32. The Labute approximate surface area is 82.1 Å². The number of piperazine rings is 1. The second-order valence-corrected chi connectivity index (χ2v) is 3.61. The molecule has 1 aliphatic rings. The minimum atomic E-state index is 1.02. The summed E-state index contributed by atoms with van der Waals surface area (Å²) in [7, 11) is 0. The Bertz CT molecular complexity index is 117. The first-order valence-corrected chi connectivity index (χ1v) is 5.51. The normalized spacial score (nSPS) is 20.8. The Morgan fingerprint density at radius 3 is 2.31 bits per heavy atom. The van der Waals surface area contributed by atoms with Crippen molar-refractivity contribution < 1.29 is 0 Å². The lowest BCUT2D eigenvalue weighted by atomic mass is 10.3. The lowest BCUT2D eigenvalue weighted by molar-refractivity contribution is 0.0881. The van der Waals surface area contributed by atoms with E-state index in [1.165, 1.54) is 32.5 Å². The van der Waals surface area contributed by atoms with Gasteiger partial charge in [-0.1, -0.05) is 20.3 Å². The molecule has 0 bridgehead atoms. The zero-order valence-electron chi connectivity index (χ0n) is 9.00. The van der Waals surface area contributed by atoms with Gasteiger partial charge in [0.05, 0.1) is 0 Å². The van der Waals surface area contributed by atoms with Gasteiger partial charge in [-0.3, -0.25) is 0 Å². The molecule has 0 aliphatic carbocycles. The highest BCUT2D eigenvalue weighted by molar-refractivity contribution is 4.67. The molecule has 1 heterocycles. The molecule has 1 rings (SSSR count). The van der Waals surface area contributed by atoms with Crippen LogP contribution in [0.4, 0.5) is 0 Å². The average molecular weight is 184 g/mol. The van der Waals surface area contributed by atoms with Crippen molar-refractivity contribution in [3.8, 4) is 0 Å². The largest absolute Gasteiger partial charge is 0.301 e. The summed E-state index contributed by atoms with van der Waals surface area (Å²) in [5.74, 6) is 0. The first-order valence-electron chi connectivity index (χ1n) is 5.51. The van der Waals surface area contributed by atoms with E-state index in [2.05, 4.69) is 29.2 Å². The molecular formula is C10H22N3. The van der Waals surface area contributed by atoms with E-state index < -0.39 is 0 Å². The fourth-order valence-electron chi connectivity index (χ4n) is 1.57.